The topological polar surface area (TPSA) is 96.6 Å². The van der Waals surface area contributed by atoms with Crippen LogP contribution in [0.25, 0.3) is 17.0 Å². The molecule has 0 aliphatic carbocycles. The molecule has 0 radical (unpaired) electrons. The molecule has 1 amide bonds. The molecule has 0 spiro atoms. The summed E-state index contributed by atoms with van der Waals surface area (Å²) in [5.74, 6) is -1.66. The van der Waals surface area contributed by atoms with Gasteiger partial charge in [0.05, 0.1) is 5.39 Å². The highest BCUT2D eigenvalue weighted by atomic mass is 16.4. The van der Waals surface area contributed by atoms with Gasteiger partial charge in [-0.2, -0.15) is 0 Å². The van der Waals surface area contributed by atoms with Gasteiger partial charge in [-0.3, -0.25) is 9.59 Å². The number of hydrogen-bond acceptors (Lipinski definition) is 4. The van der Waals surface area contributed by atoms with Crippen molar-refractivity contribution < 1.29 is 19.1 Å². The maximum atomic E-state index is 12.7. The van der Waals surface area contributed by atoms with Crippen molar-refractivity contribution in [3.63, 3.8) is 0 Å². The molecular weight excluding hydrogens is 346 g/mol. The molecule has 6 heteroatoms. The van der Waals surface area contributed by atoms with Crippen LogP contribution < -0.4 is 10.7 Å². The van der Waals surface area contributed by atoms with Gasteiger partial charge in [-0.15, -0.1) is 0 Å². The first-order valence-electron chi connectivity index (χ1n) is 8.20. The summed E-state index contributed by atoms with van der Waals surface area (Å²) in [5.41, 5.74) is 2.93. The fourth-order valence-corrected chi connectivity index (χ4v) is 2.59. The zero-order chi connectivity index (χ0) is 19.6. The van der Waals surface area contributed by atoms with E-state index in [1.807, 2.05) is 26.0 Å². The lowest BCUT2D eigenvalue weighted by Crippen LogP contribution is -2.21. The van der Waals surface area contributed by atoms with Gasteiger partial charge in [-0.25, -0.2) is 4.79 Å². The maximum Gasteiger partial charge on any atom is 0.328 e. The number of amides is 1. The lowest BCUT2D eigenvalue weighted by molar-refractivity contribution is -0.131. The molecule has 0 atom stereocenters. The molecule has 1 aromatic heterocycles. The van der Waals surface area contributed by atoms with E-state index in [4.69, 9.17) is 9.52 Å². The van der Waals surface area contributed by atoms with Crippen LogP contribution in [0.3, 0.4) is 0 Å². The molecule has 0 saturated heterocycles. The Hall–Kier alpha value is -3.67. The van der Waals surface area contributed by atoms with Crippen LogP contribution in [-0.2, 0) is 4.79 Å². The number of aryl methyl sites for hydroxylation is 2. The van der Waals surface area contributed by atoms with E-state index in [2.05, 4.69) is 5.32 Å². The third-order valence-electron chi connectivity index (χ3n) is 4.22. The number of aliphatic carboxylic acids is 1. The number of rotatable bonds is 4. The summed E-state index contributed by atoms with van der Waals surface area (Å²) in [7, 11) is 0. The standard InChI is InChI=1S/C21H17NO5/c1-12-3-6-15(9-13(12)2)22-21(26)17-11-27-18-7-4-14(5-8-19(23)24)10-16(18)20(17)25/h3-11H,1-2H3,(H,22,26)(H,23,24)/b8-5+. The molecular formula is C21H17NO5. The number of carbonyl (C=O) groups is 2. The van der Waals surface area contributed by atoms with Crippen LogP contribution in [0, 0.1) is 13.8 Å². The van der Waals surface area contributed by atoms with Gasteiger partial charge in [0, 0.05) is 11.8 Å². The zero-order valence-electron chi connectivity index (χ0n) is 14.8. The highest BCUT2D eigenvalue weighted by Gasteiger charge is 2.15. The van der Waals surface area contributed by atoms with Crippen molar-refractivity contribution in [3.8, 4) is 0 Å². The summed E-state index contributed by atoms with van der Waals surface area (Å²) in [6.45, 7) is 3.90. The minimum Gasteiger partial charge on any atom is -0.478 e. The number of hydrogen-bond donors (Lipinski definition) is 2. The van der Waals surface area contributed by atoms with Crippen molar-refractivity contribution in [2.75, 3.05) is 5.32 Å². The zero-order valence-corrected chi connectivity index (χ0v) is 14.8. The minimum atomic E-state index is -1.09. The van der Waals surface area contributed by atoms with Crippen LogP contribution in [0.2, 0.25) is 0 Å². The molecule has 0 saturated carbocycles. The van der Waals surface area contributed by atoms with E-state index >= 15 is 0 Å². The largest absolute Gasteiger partial charge is 0.478 e. The number of nitrogens with one attached hydrogen (secondary N) is 1. The maximum absolute atomic E-state index is 12.7. The average Bonchev–Trinajstić information content (AvgIpc) is 2.63. The number of carbonyl (C=O) groups excluding carboxylic acids is 1. The van der Waals surface area contributed by atoms with Gasteiger partial charge in [0.2, 0.25) is 5.43 Å². The molecule has 27 heavy (non-hydrogen) atoms. The second kappa shape index (κ2) is 7.29. The summed E-state index contributed by atoms with van der Waals surface area (Å²) in [6, 6.07) is 10.1. The molecule has 6 nitrogen and oxygen atoms in total. The summed E-state index contributed by atoms with van der Waals surface area (Å²) >= 11 is 0. The van der Waals surface area contributed by atoms with E-state index in [1.54, 1.807) is 18.2 Å². The molecule has 0 unspecified atom stereocenters. The van der Waals surface area contributed by atoms with E-state index in [0.29, 0.717) is 16.8 Å². The lowest BCUT2D eigenvalue weighted by atomic mass is 10.1. The Morgan fingerprint density at radius 2 is 1.85 bits per heavy atom. The number of carboxylic acids is 1. The van der Waals surface area contributed by atoms with Gasteiger partial charge in [-0.1, -0.05) is 12.1 Å². The predicted octanol–water partition coefficient (Wildman–Crippen LogP) is 3.76. The smallest absolute Gasteiger partial charge is 0.328 e. The first-order chi connectivity index (χ1) is 12.8. The molecule has 0 aliphatic rings. The average molecular weight is 363 g/mol. The highest BCUT2D eigenvalue weighted by Crippen LogP contribution is 2.17. The van der Waals surface area contributed by atoms with Crippen molar-refractivity contribution >= 4 is 34.6 Å². The van der Waals surface area contributed by atoms with Crippen molar-refractivity contribution in [3.05, 3.63) is 81.2 Å². The third kappa shape index (κ3) is 3.95. The van der Waals surface area contributed by atoms with Gasteiger partial charge in [0.15, 0.2) is 0 Å². The molecule has 2 N–H and O–H groups in total. The summed E-state index contributed by atoms with van der Waals surface area (Å²) in [4.78, 5) is 35.9. The van der Waals surface area contributed by atoms with E-state index in [9.17, 15) is 14.4 Å². The van der Waals surface area contributed by atoms with Crippen LogP contribution in [-0.4, -0.2) is 17.0 Å². The van der Waals surface area contributed by atoms with Crippen LogP contribution in [0.15, 0.2) is 57.9 Å². The van der Waals surface area contributed by atoms with E-state index in [1.165, 1.54) is 12.1 Å². The van der Waals surface area contributed by atoms with Gasteiger partial charge < -0.3 is 14.8 Å². The number of carboxylic acid groups (broad SMARTS) is 1. The fraction of sp³-hybridized carbons (Fsp3) is 0.0952. The molecule has 0 fully saturated rings. The van der Waals surface area contributed by atoms with Gasteiger partial charge >= 0.3 is 5.97 Å². The minimum absolute atomic E-state index is 0.125. The second-order valence-electron chi connectivity index (χ2n) is 6.16. The monoisotopic (exact) mass is 363 g/mol. The molecule has 2 aromatic carbocycles. The van der Waals surface area contributed by atoms with Crippen LogP contribution in [0.5, 0.6) is 0 Å². The van der Waals surface area contributed by atoms with E-state index in [0.717, 1.165) is 23.5 Å². The molecule has 0 bridgehead atoms. The molecule has 136 valence electrons. The Bertz CT molecular complexity index is 1140. The Morgan fingerprint density at radius 3 is 2.56 bits per heavy atom. The first-order valence-corrected chi connectivity index (χ1v) is 8.20. The van der Waals surface area contributed by atoms with Crippen molar-refractivity contribution in [2.45, 2.75) is 13.8 Å². The molecule has 3 rings (SSSR count). The van der Waals surface area contributed by atoms with Crippen LogP contribution in [0.4, 0.5) is 5.69 Å². The Morgan fingerprint density at radius 1 is 1.07 bits per heavy atom. The van der Waals surface area contributed by atoms with Crippen LogP contribution >= 0.6 is 0 Å². The van der Waals surface area contributed by atoms with Gasteiger partial charge in [0.25, 0.3) is 5.91 Å². The Labute approximate surface area is 154 Å². The first kappa shape index (κ1) is 18.1. The quantitative estimate of drug-likeness (QED) is 0.688. The Kier molecular flexibility index (Phi) is 4.90. The highest BCUT2D eigenvalue weighted by molar-refractivity contribution is 6.05. The van der Waals surface area contributed by atoms with Crippen molar-refractivity contribution in [1.82, 2.24) is 0 Å². The second-order valence-corrected chi connectivity index (χ2v) is 6.16. The molecule has 0 aliphatic heterocycles. The van der Waals surface area contributed by atoms with Gasteiger partial charge in [-0.05, 0) is 60.9 Å². The van der Waals surface area contributed by atoms with Crippen molar-refractivity contribution in [2.24, 2.45) is 0 Å². The molecule has 1 heterocycles. The lowest BCUT2D eigenvalue weighted by Gasteiger charge is -2.08. The molecule has 3 aromatic rings. The SMILES string of the molecule is Cc1ccc(NC(=O)c2coc3ccc(/C=C/C(=O)O)cc3c2=O)cc1C. The number of fused-ring (bicyclic) bond motifs is 1. The third-order valence-corrected chi connectivity index (χ3v) is 4.22. The van der Waals surface area contributed by atoms with E-state index in [-0.39, 0.29) is 10.9 Å². The van der Waals surface area contributed by atoms with Gasteiger partial charge in [0.1, 0.15) is 17.4 Å². The van der Waals surface area contributed by atoms with Crippen molar-refractivity contribution in [1.29, 1.82) is 0 Å². The summed E-state index contributed by atoms with van der Waals surface area (Å²) < 4.78 is 5.40. The number of benzene rings is 2. The van der Waals surface area contributed by atoms with E-state index < -0.39 is 17.3 Å². The predicted molar refractivity (Wildman–Crippen MR) is 103 cm³/mol. The fourth-order valence-electron chi connectivity index (χ4n) is 2.59. The normalized spacial score (nSPS) is 11.0. The summed E-state index contributed by atoms with van der Waals surface area (Å²) in [5, 5.41) is 11.6. The summed E-state index contributed by atoms with van der Waals surface area (Å²) in [6.07, 6.45) is 3.47. The number of anilines is 1. The Balaban J connectivity index is 1.97. The van der Waals surface area contributed by atoms with Crippen LogP contribution in [0.1, 0.15) is 27.0 Å².